The second-order valence-corrected chi connectivity index (χ2v) is 9.21. The second kappa shape index (κ2) is 9.03. The maximum atomic E-state index is 2.62. The number of hydrogen-bond acceptors (Lipinski definition) is 2. The van der Waals surface area contributed by atoms with Crippen LogP contribution in [0.4, 0.5) is 0 Å². The third-order valence-corrected chi connectivity index (χ3v) is 5.93. The highest BCUT2D eigenvalue weighted by atomic mass is 15.2. The normalized spacial score (nSPS) is 18.3. The van der Waals surface area contributed by atoms with Crippen molar-refractivity contribution < 1.29 is 0 Å². The Labute approximate surface area is 166 Å². The number of likely N-dealkylation sites (tertiary alicyclic amines) is 1. The predicted octanol–water partition coefficient (Wildman–Crippen LogP) is 5.47. The van der Waals surface area contributed by atoms with Gasteiger partial charge in [0.1, 0.15) is 0 Å². The molecule has 0 radical (unpaired) electrons. The molecular weight excluding hydrogens is 328 g/mol. The van der Waals surface area contributed by atoms with E-state index in [4.69, 9.17) is 0 Å². The van der Waals surface area contributed by atoms with Crippen LogP contribution in [-0.4, -0.2) is 36.0 Å². The van der Waals surface area contributed by atoms with Crippen LogP contribution in [0.15, 0.2) is 54.6 Å². The lowest BCUT2D eigenvalue weighted by Gasteiger charge is -2.27. The highest BCUT2D eigenvalue weighted by Crippen LogP contribution is 2.23. The van der Waals surface area contributed by atoms with Gasteiger partial charge in [-0.25, -0.2) is 0 Å². The largest absolute Gasteiger partial charge is 0.303 e. The topological polar surface area (TPSA) is 6.48 Å². The molecule has 2 aromatic rings. The van der Waals surface area contributed by atoms with Crippen LogP contribution in [0.2, 0.25) is 0 Å². The lowest BCUT2D eigenvalue weighted by atomic mass is 9.87. The highest BCUT2D eigenvalue weighted by molar-refractivity contribution is 5.27. The Kier molecular flexibility index (Phi) is 6.73. The van der Waals surface area contributed by atoms with E-state index in [1.807, 2.05) is 0 Å². The first kappa shape index (κ1) is 20.1. The predicted molar refractivity (Wildman–Crippen MR) is 116 cm³/mol. The summed E-state index contributed by atoms with van der Waals surface area (Å²) < 4.78 is 0. The first-order chi connectivity index (χ1) is 12.9. The minimum absolute atomic E-state index is 0.218. The minimum atomic E-state index is 0.218. The fourth-order valence-electron chi connectivity index (χ4n) is 4.10. The van der Waals surface area contributed by atoms with E-state index in [1.54, 1.807) is 0 Å². The summed E-state index contributed by atoms with van der Waals surface area (Å²) in [6.45, 7) is 11.3. The van der Waals surface area contributed by atoms with Gasteiger partial charge in [0, 0.05) is 25.7 Å². The molecule has 0 saturated carbocycles. The van der Waals surface area contributed by atoms with Crippen LogP contribution in [-0.2, 0) is 18.5 Å². The van der Waals surface area contributed by atoms with E-state index in [-0.39, 0.29) is 5.41 Å². The van der Waals surface area contributed by atoms with Crippen molar-refractivity contribution in [1.82, 2.24) is 9.80 Å². The Morgan fingerprint density at radius 3 is 2.11 bits per heavy atom. The lowest BCUT2D eigenvalue weighted by Crippen LogP contribution is -2.31. The molecule has 0 amide bonds. The van der Waals surface area contributed by atoms with Crippen LogP contribution < -0.4 is 0 Å². The Bertz CT molecular complexity index is 685. The van der Waals surface area contributed by atoms with Crippen molar-refractivity contribution in [1.29, 1.82) is 0 Å². The zero-order chi connectivity index (χ0) is 19.3. The molecule has 0 bridgehead atoms. The van der Waals surface area contributed by atoms with Gasteiger partial charge in [-0.3, -0.25) is 4.90 Å². The SMILES string of the molecule is CN1CCCC1CCN(Cc1ccccc1)Cc1ccc(C(C)(C)C)cc1. The minimum Gasteiger partial charge on any atom is -0.303 e. The van der Waals surface area contributed by atoms with Gasteiger partial charge in [-0.15, -0.1) is 0 Å². The second-order valence-electron chi connectivity index (χ2n) is 9.21. The molecular formula is C25H36N2. The van der Waals surface area contributed by atoms with Crippen molar-refractivity contribution in [3.63, 3.8) is 0 Å². The molecule has 1 aliphatic rings. The molecule has 27 heavy (non-hydrogen) atoms. The first-order valence-electron chi connectivity index (χ1n) is 10.5. The van der Waals surface area contributed by atoms with Gasteiger partial charge in [-0.05, 0) is 55.0 Å². The number of nitrogens with zero attached hydrogens (tertiary/aromatic N) is 2. The Balaban J connectivity index is 1.66. The summed E-state index contributed by atoms with van der Waals surface area (Å²) in [5, 5.41) is 0. The molecule has 0 aliphatic carbocycles. The fraction of sp³-hybridized carbons (Fsp3) is 0.520. The summed E-state index contributed by atoms with van der Waals surface area (Å²) in [6.07, 6.45) is 3.98. The zero-order valence-corrected chi connectivity index (χ0v) is 17.6. The number of benzene rings is 2. The zero-order valence-electron chi connectivity index (χ0n) is 17.6. The van der Waals surface area contributed by atoms with E-state index in [9.17, 15) is 0 Å². The van der Waals surface area contributed by atoms with Crippen LogP contribution >= 0.6 is 0 Å². The summed E-state index contributed by atoms with van der Waals surface area (Å²) in [7, 11) is 2.28. The average molecular weight is 365 g/mol. The summed E-state index contributed by atoms with van der Waals surface area (Å²) in [6, 6.07) is 20.9. The summed E-state index contributed by atoms with van der Waals surface area (Å²) >= 11 is 0. The Morgan fingerprint density at radius 2 is 1.56 bits per heavy atom. The van der Waals surface area contributed by atoms with Crippen molar-refractivity contribution >= 4 is 0 Å². The molecule has 2 aromatic carbocycles. The maximum absolute atomic E-state index is 2.62. The molecule has 1 aliphatic heterocycles. The maximum Gasteiger partial charge on any atom is 0.0237 e. The van der Waals surface area contributed by atoms with Gasteiger partial charge >= 0.3 is 0 Å². The molecule has 3 rings (SSSR count). The van der Waals surface area contributed by atoms with Gasteiger partial charge in [0.05, 0.1) is 0 Å². The van der Waals surface area contributed by atoms with Crippen molar-refractivity contribution in [2.75, 3.05) is 20.1 Å². The van der Waals surface area contributed by atoms with Gasteiger partial charge in [0.2, 0.25) is 0 Å². The van der Waals surface area contributed by atoms with Crippen molar-refractivity contribution in [2.24, 2.45) is 0 Å². The van der Waals surface area contributed by atoms with Gasteiger partial charge in [0.25, 0.3) is 0 Å². The van der Waals surface area contributed by atoms with Crippen molar-refractivity contribution in [3.05, 3.63) is 71.3 Å². The van der Waals surface area contributed by atoms with Crippen LogP contribution in [0.25, 0.3) is 0 Å². The molecule has 1 fully saturated rings. The summed E-state index contributed by atoms with van der Waals surface area (Å²) in [4.78, 5) is 5.16. The smallest absolute Gasteiger partial charge is 0.0237 e. The molecule has 0 N–H and O–H groups in total. The monoisotopic (exact) mass is 364 g/mol. The molecule has 1 unspecified atom stereocenters. The summed E-state index contributed by atoms with van der Waals surface area (Å²) in [5.74, 6) is 0. The standard InChI is InChI=1S/C25H36N2/c1-25(2,3)23-14-12-22(13-15-23)20-27(19-21-9-6-5-7-10-21)18-16-24-11-8-17-26(24)4/h5-7,9-10,12-15,24H,8,11,16-20H2,1-4H3. The van der Waals surface area contributed by atoms with E-state index in [2.05, 4.69) is 92.2 Å². The van der Waals surface area contributed by atoms with E-state index in [0.717, 1.165) is 25.7 Å². The van der Waals surface area contributed by atoms with Gasteiger partial charge < -0.3 is 4.90 Å². The highest BCUT2D eigenvalue weighted by Gasteiger charge is 2.21. The van der Waals surface area contributed by atoms with E-state index in [1.165, 1.54) is 42.5 Å². The van der Waals surface area contributed by atoms with Gasteiger partial charge in [-0.2, -0.15) is 0 Å². The Morgan fingerprint density at radius 1 is 0.926 bits per heavy atom. The van der Waals surface area contributed by atoms with Crippen molar-refractivity contribution in [3.8, 4) is 0 Å². The molecule has 2 nitrogen and oxygen atoms in total. The quantitative estimate of drug-likeness (QED) is 0.643. The number of rotatable bonds is 7. The average Bonchev–Trinajstić information content (AvgIpc) is 3.05. The Hall–Kier alpha value is -1.64. The molecule has 0 aromatic heterocycles. The van der Waals surface area contributed by atoms with Crippen LogP contribution in [0.3, 0.4) is 0 Å². The van der Waals surface area contributed by atoms with Crippen LogP contribution in [0.5, 0.6) is 0 Å². The van der Waals surface area contributed by atoms with Crippen LogP contribution in [0, 0.1) is 0 Å². The van der Waals surface area contributed by atoms with Gasteiger partial charge in [-0.1, -0.05) is 75.4 Å². The van der Waals surface area contributed by atoms with E-state index in [0.29, 0.717) is 0 Å². The molecule has 1 heterocycles. The van der Waals surface area contributed by atoms with E-state index < -0.39 is 0 Å². The molecule has 1 atom stereocenters. The van der Waals surface area contributed by atoms with Gasteiger partial charge in [0.15, 0.2) is 0 Å². The van der Waals surface area contributed by atoms with Crippen molar-refractivity contribution in [2.45, 2.75) is 64.6 Å². The molecule has 146 valence electrons. The third kappa shape index (κ3) is 5.92. The molecule has 2 heteroatoms. The lowest BCUT2D eigenvalue weighted by molar-refractivity contribution is 0.211. The number of hydrogen-bond donors (Lipinski definition) is 0. The van der Waals surface area contributed by atoms with E-state index >= 15 is 0 Å². The first-order valence-corrected chi connectivity index (χ1v) is 10.5. The molecule has 0 spiro atoms. The molecule has 1 saturated heterocycles. The fourth-order valence-corrected chi connectivity index (χ4v) is 4.10. The van der Waals surface area contributed by atoms with Crippen LogP contribution in [0.1, 0.15) is 56.7 Å². The third-order valence-electron chi connectivity index (χ3n) is 5.93. The summed E-state index contributed by atoms with van der Waals surface area (Å²) in [5.41, 5.74) is 4.45.